The van der Waals surface area contributed by atoms with Crippen molar-refractivity contribution in [2.45, 2.75) is 45.7 Å². The zero-order chi connectivity index (χ0) is 14.6. The first-order valence-corrected chi connectivity index (χ1v) is 7.68. The van der Waals surface area contributed by atoms with E-state index in [0.717, 1.165) is 32.1 Å². The van der Waals surface area contributed by atoms with E-state index < -0.39 is 0 Å². The molecule has 1 aromatic rings. The fraction of sp³-hybridized carbons (Fsp3) is 0.647. The van der Waals surface area contributed by atoms with Crippen LogP contribution >= 0.6 is 0 Å². The lowest BCUT2D eigenvalue weighted by Crippen LogP contribution is -2.42. The molecule has 1 aromatic carbocycles. The molecule has 0 saturated carbocycles. The molecule has 1 fully saturated rings. The van der Waals surface area contributed by atoms with Gasteiger partial charge in [0.1, 0.15) is 5.75 Å². The summed E-state index contributed by atoms with van der Waals surface area (Å²) in [4.78, 5) is 2.49. The van der Waals surface area contributed by atoms with Crippen molar-refractivity contribution in [3.8, 4) is 5.75 Å². The van der Waals surface area contributed by atoms with E-state index >= 15 is 0 Å². The minimum Gasteiger partial charge on any atom is -0.508 e. The Hall–Kier alpha value is -1.06. The number of hydrogen-bond acceptors (Lipinski definition) is 3. The third kappa shape index (κ3) is 5.14. The lowest BCUT2D eigenvalue weighted by atomic mass is 9.95. The molecule has 1 saturated heterocycles. The second-order valence-corrected chi connectivity index (χ2v) is 7.02. The lowest BCUT2D eigenvalue weighted by molar-refractivity contribution is 0.170. The van der Waals surface area contributed by atoms with Gasteiger partial charge in [-0.15, -0.1) is 0 Å². The molecule has 0 spiro atoms. The van der Waals surface area contributed by atoms with Gasteiger partial charge in [0.05, 0.1) is 0 Å². The molecular formula is C17H28N2O. The van der Waals surface area contributed by atoms with E-state index in [1.165, 1.54) is 18.4 Å². The van der Waals surface area contributed by atoms with Crippen LogP contribution in [0.1, 0.15) is 39.2 Å². The summed E-state index contributed by atoms with van der Waals surface area (Å²) in [6.45, 7) is 11.1. The number of rotatable bonds is 4. The fourth-order valence-electron chi connectivity index (χ4n) is 2.71. The molecule has 0 aromatic heterocycles. The molecule has 1 aliphatic rings. The average Bonchev–Trinajstić information content (AvgIpc) is 2.37. The number of nitrogens with one attached hydrogen (secondary N) is 1. The summed E-state index contributed by atoms with van der Waals surface area (Å²) >= 11 is 0. The first-order valence-electron chi connectivity index (χ1n) is 7.68. The minimum atomic E-state index is 0.221. The van der Waals surface area contributed by atoms with Crippen molar-refractivity contribution in [3.05, 3.63) is 29.8 Å². The third-order valence-corrected chi connectivity index (χ3v) is 3.94. The second kappa shape index (κ2) is 6.59. The Bertz CT molecular complexity index is 417. The predicted molar refractivity (Wildman–Crippen MR) is 83.9 cm³/mol. The van der Waals surface area contributed by atoms with Crippen LogP contribution in [0.15, 0.2) is 24.3 Å². The van der Waals surface area contributed by atoms with E-state index in [9.17, 15) is 5.11 Å². The molecule has 1 heterocycles. The standard InChI is InChI=1S/C17H28N2O/c1-17(2,3)18-12-14-7-9-19(10-8-14)13-15-5-4-6-16(20)11-15/h4-6,11,14,18,20H,7-10,12-13H2,1-3H3. The first kappa shape index (κ1) is 15.3. The van der Waals surface area contributed by atoms with Gasteiger partial charge in [0.25, 0.3) is 0 Å². The molecule has 0 atom stereocenters. The predicted octanol–water partition coefficient (Wildman–Crippen LogP) is 2.99. The van der Waals surface area contributed by atoms with Gasteiger partial charge in [-0.3, -0.25) is 4.90 Å². The summed E-state index contributed by atoms with van der Waals surface area (Å²) in [5.41, 5.74) is 1.43. The monoisotopic (exact) mass is 276 g/mol. The summed E-state index contributed by atoms with van der Waals surface area (Å²) in [6, 6.07) is 7.61. The maximum atomic E-state index is 9.50. The van der Waals surface area contributed by atoms with Crippen molar-refractivity contribution in [1.29, 1.82) is 0 Å². The van der Waals surface area contributed by atoms with Crippen molar-refractivity contribution >= 4 is 0 Å². The van der Waals surface area contributed by atoms with E-state index in [1.54, 1.807) is 6.07 Å². The summed E-state index contributed by atoms with van der Waals surface area (Å²) < 4.78 is 0. The first-order chi connectivity index (χ1) is 9.42. The number of benzene rings is 1. The van der Waals surface area contributed by atoms with Crippen LogP contribution in [0, 0.1) is 5.92 Å². The number of aromatic hydroxyl groups is 1. The summed E-state index contributed by atoms with van der Waals surface area (Å²) in [5, 5.41) is 13.1. The Morgan fingerprint density at radius 2 is 1.95 bits per heavy atom. The van der Waals surface area contributed by atoms with Crippen molar-refractivity contribution in [3.63, 3.8) is 0 Å². The zero-order valence-corrected chi connectivity index (χ0v) is 13.0. The van der Waals surface area contributed by atoms with Crippen LogP contribution in [0.2, 0.25) is 0 Å². The second-order valence-electron chi connectivity index (χ2n) is 7.02. The number of piperidine rings is 1. The Morgan fingerprint density at radius 3 is 2.55 bits per heavy atom. The van der Waals surface area contributed by atoms with E-state index in [0.29, 0.717) is 5.75 Å². The normalized spacial score (nSPS) is 18.4. The van der Waals surface area contributed by atoms with Crippen LogP contribution in [-0.4, -0.2) is 35.2 Å². The SMILES string of the molecule is CC(C)(C)NCC1CCN(Cc2cccc(O)c2)CC1. The molecule has 0 amide bonds. The van der Waals surface area contributed by atoms with Gasteiger partial charge in [-0.2, -0.15) is 0 Å². The largest absolute Gasteiger partial charge is 0.508 e. The number of likely N-dealkylation sites (tertiary alicyclic amines) is 1. The molecule has 0 aliphatic carbocycles. The van der Waals surface area contributed by atoms with Crippen molar-refractivity contribution in [1.82, 2.24) is 10.2 Å². The van der Waals surface area contributed by atoms with Gasteiger partial charge >= 0.3 is 0 Å². The van der Waals surface area contributed by atoms with Crippen LogP contribution in [0.4, 0.5) is 0 Å². The van der Waals surface area contributed by atoms with E-state index in [-0.39, 0.29) is 5.54 Å². The van der Waals surface area contributed by atoms with Crippen LogP contribution in [0.25, 0.3) is 0 Å². The van der Waals surface area contributed by atoms with Gasteiger partial charge in [0.15, 0.2) is 0 Å². The highest BCUT2D eigenvalue weighted by Crippen LogP contribution is 2.20. The summed E-state index contributed by atoms with van der Waals surface area (Å²) in [6.07, 6.45) is 2.53. The van der Waals surface area contributed by atoms with E-state index in [4.69, 9.17) is 0 Å². The fourth-order valence-corrected chi connectivity index (χ4v) is 2.71. The topological polar surface area (TPSA) is 35.5 Å². The van der Waals surface area contributed by atoms with E-state index in [1.807, 2.05) is 12.1 Å². The summed E-state index contributed by atoms with van der Waals surface area (Å²) in [7, 11) is 0. The molecule has 20 heavy (non-hydrogen) atoms. The molecule has 0 bridgehead atoms. The molecule has 0 unspecified atom stereocenters. The van der Waals surface area contributed by atoms with Crippen LogP contribution in [0.3, 0.4) is 0 Å². The highest BCUT2D eigenvalue weighted by molar-refractivity contribution is 5.27. The zero-order valence-electron chi connectivity index (χ0n) is 13.0. The molecule has 1 aliphatic heterocycles. The molecule has 2 N–H and O–H groups in total. The number of phenols is 1. The van der Waals surface area contributed by atoms with Gasteiger partial charge in [0, 0.05) is 12.1 Å². The van der Waals surface area contributed by atoms with Gasteiger partial charge < -0.3 is 10.4 Å². The smallest absolute Gasteiger partial charge is 0.115 e. The maximum Gasteiger partial charge on any atom is 0.115 e. The van der Waals surface area contributed by atoms with Gasteiger partial charge in [-0.05, 0) is 76.9 Å². The Morgan fingerprint density at radius 1 is 1.25 bits per heavy atom. The molecule has 0 radical (unpaired) electrons. The highest BCUT2D eigenvalue weighted by Gasteiger charge is 2.20. The van der Waals surface area contributed by atoms with Crippen LogP contribution in [0.5, 0.6) is 5.75 Å². The number of hydrogen-bond donors (Lipinski definition) is 2. The average molecular weight is 276 g/mol. The molecule has 112 valence electrons. The molecule has 2 rings (SSSR count). The highest BCUT2D eigenvalue weighted by atomic mass is 16.3. The van der Waals surface area contributed by atoms with Crippen molar-refractivity contribution in [2.24, 2.45) is 5.92 Å². The van der Waals surface area contributed by atoms with Crippen LogP contribution in [-0.2, 0) is 6.54 Å². The van der Waals surface area contributed by atoms with E-state index in [2.05, 4.69) is 37.1 Å². The summed E-state index contributed by atoms with van der Waals surface area (Å²) in [5.74, 6) is 1.17. The Kier molecular flexibility index (Phi) is 5.06. The van der Waals surface area contributed by atoms with Gasteiger partial charge in [-0.1, -0.05) is 12.1 Å². The minimum absolute atomic E-state index is 0.221. The van der Waals surface area contributed by atoms with Gasteiger partial charge in [-0.25, -0.2) is 0 Å². The molecule has 3 nitrogen and oxygen atoms in total. The third-order valence-electron chi connectivity index (χ3n) is 3.94. The van der Waals surface area contributed by atoms with Crippen LogP contribution < -0.4 is 5.32 Å². The van der Waals surface area contributed by atoms with Crippen molar-refractivity contribution < 1.29 is 5.11 Å². The molecular weight excluding hydrogens is 248 g/mol. The maximum absolute atomic E-state index is 9.50. The lowest BCUT2D eigenvalue weighted by Gasteiger charge is -2.33. The number of nitrogens with zero attached hydrogens (tertiary/aromatic N) is 1. The molecule has 3 heteroatoms. The quantitative estimate of drug-likeness (QED) is 0.887. The number of phenolic OH excluding ortho intramolecular Hbond substituents is 1. The van der Waals surface area contributed by atoms with Crippen molar-refractivity contribution in [2.75, 3.05) is 19.6 Å². The van der Waals surface area contributed by atoms with Gasteiger partial charge in [0.2, 0.25) is 0 Å². The Balaban J connectivity index is 1.74. The Labute approximate surface area is 123 Å².